The minimum Gasteiger partial charge on any atom is -0.368 e. The average Bonchev–Trinajstić information content (AvgIpc) is 2.26. The van der Waals surface area contributed by atoms with E-state index in [9.17, 15) is 0 Å². The van der Waals surface area contributed by atoms with Crippen LogP contribution in [0.1, 0.15) is 31.4 Å². The summed E-state index contributed by atoms with van der Waals surface area (Å²) in [5.74, 6) is 0. The summed E-state index contributed by atoms with van der Waals surface area (Å²) in [6.07, 6.45) is 0.560. The lowest BCUT2D eigenvalue weighted by atomic mass is 9.96. The Morgan fingerprint density at radius 1 is 1.42 bits per heavy atom. The minimum absolute atomic E-state index is 0.0388. The van der Waals surface area contributed by atoms with Crippen LogP contribution in [0.25, 0.3) is 0 Å². The molecule has 0 aromatic heterocycles. The summed E-state index contributed by atoms with van der Waals surface area (Å²) in [4.78, 5) is 2.41. The standard InChI is InChI=1S/C16H23N3/c1-12-5-6-15(13(2)9-12)19-10-14(7-8-17)18-16(3,4)11-19/h5-6,9,14,18H,7,10-11H2,1-4H3. The van der Waals surface area contributed by atoms with E-state index < -0.39 is 0 Å². The van der Waals surface area contributed by atoms with Crippen molar-refractivity contribution in [3.8, 4) is 6.07 Å². The van der Waals surface area contributed by atoms with Crippen molar-refractivity contribution in [2.75, 3.05) is 18.0 Å². The first-order chi connectivity index (χ1) is 8.91. The van der Waals surface area contributed by atoms with Gasteiger partial charge in [-0.3, -0.25) is 0 Å². The molecule has 1 aliphatic rings. The van der Waals surface area contributed by atoms with Crippen LogP contribution >= 0.6 is 0 Å². The topological polar surface area (TPSA) is 39.1 Å². The Kier molecular flexibility index (Phi) is 3.82. The van der Waals surface area contributed by atoms with E-state index in [2.05, 4.69) is 62.2 Å². The van der Waals surface area contributed by atoms with Crippen LogP contribution in [0.5, 0.6) is 0 Å². The van der Waals surface area contributed by atoms with Crippen LogP contribution in [0.15, 0.2) is 18.2 Å². The number of aryl methyl sites for hydroxylation is 2. The van der Waals surface area contributed by atoms with E-state index in [0.29, 0.717) is 6.42 Å². The molecule has 0 saturated carbocycles. The third-order valence-corrected chi connectivity index (χ3v) is 3.65. The van der Waals surface area contributed by atoms with E-state index in [4.69, 9.17) is 5.26 Å². The van der Waals surface area contributed by atoms with Crippen molar-refractivity contribution in [3.63, 3.8) is 0 Å². The first kappa shape index (κ1) is 13.9. The van der Waals surface area contributed by atoms with E-state index in [-0.39, 0.29) is 11.6 Å². The molecule has 0 spiro atoms. The molecule has 3 heteroatoms. The fraction of sp³-hybridized carbons (Fsp3) is 0.562. The maximum Gasteiger partial charge on any atom is 0.0638 e. The smallest absolute Gasteiger partial charge is 0.0638 e. The molecule has 0 radical (unpaired) electrons. The highest BCUT2D eigenvalue weighted by molar-refractivity contribution is 5.55. The zero-order valence-electron chi connectivity index (χ0n) is 12.3. The maximum absolute atomic E-state index is 8.93. The summed E-state index contributed by atoms with van der Waals surface area (Å²) < 4.78 is 0. The third kappa shape index (κ3) is 3.27. The van der Waals surface area contributed by atoms with Gasteiger partial charge in [-0.15, -0.1) is 0 Å². The van der Waals surface area contributed by atoms with Gasteiger partial charge in [0.05, 0.1) is 12.5 Å². The van der Waals surface area contributed by atoms with Gasteiger partial charge in [0.25, 0.3) is 0 Å². The van der Waals surface area contributed by atoms with Gasteiger partial charge in [-0.25, -0.2) is 0 Å². The molecule has 1 aromatic rings. The van der Waals surface area contributed by atoms with Crippen molar-refractivity contribution in [1.82, 2.24) is 5.32 Å². The van der Waals surface area contributed by atoms with Gasteiger partial charge in [-0.05, 0) is 39.3 Å². The highest BCUT2D eigenvalue weighted by Gasteiger charge is 2.32. The molecule has 0 bridgehead atoms. The number of rotatable bonds is 2. The fourth-order valence-electron chi connectivity index (χ4n) is 3.02. The average molecular weight is 257 g/mol. The minimum atomic E-state index is 0.0388. The van der Waals surface area contributed by atoms with Crippen LogP contribution in [-0.2, 0) is 0 Å². The summed E-state index contributed by atoms with van der Waals surface area (Å²) in [7, 11) is 0. The highest BCUT2D eigenvalue weighted by Crippen LogP contribution is 2.26. The van der Waals surface area contributed by atoms with Gasteiger partial charge in [-0.2, -0.15) is 5.26 Å². The second-order valence-corrected chi connectivity index (χ2v) is 6.26. The SMILES string of the molecule is Cc1ccc(N2CC(CC#N)NC(C)(C)C2)c(C)c1. The van der Waals surface area contributed by atoms with Crippen LogP contribution in [0.2, 0.25) is 0 Å². The van der Waals surface area contributed by atoms with Crippen LogP contribution < -0.4 is 10.2 Å². The number of anilines is 1. The zero-order chi connectivity index (χ0) is 14.0. The molecule has 0 amide bonds. The van der Waals surface area contributed by atoms with Crippen LogP contribution in [0.4, 0.5) is 5.69 Å². The predicted octanol–water partition coefficient (Wildman–Crippen LogP) is 2.77. The molecule has 1 heterocycles. The van der Waals surface area contributed by atoms with Gasteiger partial charge in [0.2, 0.25) is 0 Å². The van der Waals surface area contributed by atoms with E-state index in [1.54, 1.807) is 0 Å². The Morgan fingerprint density at radius 2 is 2.16 bits per heavy atom. The molecule has 1 unspecified atom stereocenters. The zero-order valence-corrected chi connectivity index (χ0v) is 12.3. The van der Waals surface area contributed by atoms with Crippen LogP contribution in [-0.4, -0.2) is 24.7 Å². The monoisotopic (exact) mass is 257 g/mol. The molecule has 19 heavy (non-hydrogen) atoms. The first-order valence-corrected chi connectivity index (χ1v) is 6.88. The Bertz CT molecular complexity index is 499. The number of benzene rings is 1. The normalized spacial score (nSPS) is 22.1. The number of hydrogen-bond donors (Lipinski definition) is 1. The molecule has 1 atom stereocenters. The Labute approximate surface area is 116 Å². The van der Waals surface area contributed by atoms with E-state index in [1.807, 2.05) is 0 Å². The molecule has 1 N–H and O–H groups in total. The largest absolute Gasteiger partial charge is 0.368 e. The summed E-state index contributed by atoms with van der Waals surface area (Å²) in [6.45, 7) is 10.6. The lowest BCUT2D eigenvalue weighted by Gasteiger charge is -2.45. The van der Waals surface area contributed by atoms with Crippen LogP contribution in [0.3, 0.4) is 0 Å². The molecule has 0 aliphatic carbocycles. The maximum atomic E-state index is 8.93. The van der Waals surface area contributed by atoms with Crippen molar-refractivity contribution in [2.24, 2.45) is 0 Å². The second kappa shape index (κ2) is 5.22. The summed E-state index contributed by atoms with van der Waals surface area (Å²) in [6, 6.07) is 9.12. The molecule has 1 saturated heterocycles. The molecule has 3 nitrogen and oxygen atoms in total. The second-order valence-electron chi connectivity index (χ2n) is 6.26. The summed E-state index contributed by atoms with van der Waals surface area (Å²) in [5.41, 5.74) is 3.94. The number of hydrogen-bond acceptors (Lipinski definition) is 3. The Balaban J connectivity index is 2.25. The van der Waals surface area contributed by atoms with Gasteiger partial charge in [0.15, 0.2) is 0 Å². The van der Waals surface area contributed by atoms with Gasteiger partial charge in [0, 0.05) is 30.4 Å². The molecule has 1 fully saturated rings. The quantitative estimate of drug-likeness (QED) is 0.885. The van der Waals surface area contributed by atoms with Gasteiger partial charge in [-0.1, -0.05) is 17.7 Å². The molecule has 102 valence electrons. The van der Waals surface area contributed by atoms with Crippen LogP contribution in [0, 0.1) is 25.2 Å². The number of nitriles is 1. The molecule has 2 rings (SSSR count). The highest BCUT2D eigenvalue weighted by atomic mass is 15.2. The lowest BCUT2D eigenvalue weighted by molar-refractivity contribution is 0.291. The first-order valence-electron chi connectivity index (χ1n) is 6.88. The van der Waals surface area contributed by atoms with Gasteiger partial charge in [0.1, 0.15) is 0 Å². The van der Waals surface area contributed by atoms with Crippen molar-refractivity contribution in [2.45, 2.75) is 45.7 Å². The third-order valence-electron chi connectivity index (χ3n) is 3.65. The van der Waals surface area contributed by atoms with Crippen molar-refractivity contribution in [3.05, 3.63) is 29.3 Å². The summed E-state index contributed by atoms with van der Waals surface area (Å²) >= 11 is 0. The van der Waals surface area contributed by atoms with E-state index in [1.165, 1.54) is 16.8 Å². The van der Waals surface area contributed by atoms with Crippen molar-refractivity contribution >= 4 is 5.69 Å². The summed E-state index contributed by atoms with van der Waals surface area (Å²) in [5, 5.41) is 12.5. The van der Waals surface area contributed by atoms with E-state index >= 15 is 0 Å². The predicted molar refractivity (Wildman–Crippen MR) is 79.4 cm³/mol. The molecule has 1 aliphatic heterocycles. The number of nitrogens with zero attached hydrogens (tertiary/aromatic N) is 2. The Hall–Kier alpha value is -1.53. The Morgan fingerprint density at radius 3 is 2.79 bits per heavy atom. The van der Waals surface area contributed by atoms with Gasteiger partial charge >= 0.3 is 0 Å². The van der Waals surface area contributed by atoms with Crippen molar-refractivity contribution < 1.29 is 0 Å². The fourth-order valence-corrected chi connectivity index (χ4v) is 3.02. The lowest BCUT2D eigenvalue weighted by Crippen LogP contribution is -2.62. The van der Waals surface area contributed by atoms with E-state index in [0.717, 1.165) is 13.1 Å². The molecule has 1 aromatic carbocycles. The number of piperazine rings is 1. The van der Waals surface area contributed by atoms with Crippen molar-refractivity contribution in [1.29, 1.82) is 5.26 Å². The number of nitrogens with one attached hydrogen (secondary N) is 1. The molecular weight excluding hydrogens is 234 g/mol. The van der Waals surface area contributed by atoms with Gasteiger partial charge < -0.3 is 10.2 Å². The molecular formula is C16H23N3.